The molecule has 2 saturated heterocycles. The molecule has 12 nitrogen and oxygen atoms in total. The van der Waals surface area contributed by atoms with Gasteiger partial charge in [0.2, 0.25) is 0 Å². The Hall–Kier alpha value is -1.33. The maximum absolute atomic E-state index is 15.9. The summed E-state index contributed by atoms with van der Waals surface area (Å²) < 4.78 is 72.2. The number of rotatable bonds is 4. The molecule has 45 heavy (non-hydrogen) atoms. The highest BCUT2D eigenvalue weighted by Gasteiger charge is 2.16. The number of halogens is 1. The van der Waals surface area contributed by atoms with E-state index in [1.165, 1.54) is 0 Å². The molecular weight excluding hydrogens is 591 g/mol. The van der Waals surface area contributed by atoms with Crippen LogP contribution in [0.2, 0.25) is 0 Å². The van der Waals surface area contributed by atoms with Crippen LogP contribution < -0.4 is 0 Å². The minimum absolute atomic E-state index is 0.187. The molecule has 0 unspecified atom stereocenters. The van der Waals surface area contributed by atoms with E-state index in [4.69, 9.17) is 47.4 Å². The highest BCUT2D eigenvalue weighted by molar-refractivity contribution is 5.26. The molecule has 1 aromatic rings. The molecule has 0 aromatic heterocycles. The van der Waals surface area contributed by atoms with Crippen molar-refractivity contribution in [2.24, 2.45) is 0 Å². The zero-order valence-electron chi connectivity index (χ0n) is 27.0. The Labute approximate surface area is 268 Å². The summed E-state index contributed by atoms with van der Waals surface area (Å²) >= 11 is 0. The summed E-state index contributed by atoms with van der Waals surface area (Å²) in [6, 6.07) is 5.63. The molecule has 3 rings (SSSR count). The van der Waals surface area contributed by atoms with Crippen molar-refractivity contribution in [1.82, 2.24) is 9.80 Å². The molecule has 0 amide bonds. The third kappa shape index (κ3) is 19.2. The monoisotopic (exact) mass is 646 g/mol. The van der Waals surface area contributed by atoms with Crippen LogP contribution in [0, 0.1) is 5.82 Å². The van der Waals surface area contributed by atoms with Gasteiger partial charge in [-0.2, -0.15) is 0 Å². The van der Waals surface area contributed by atoms with Crippen LogP contribution in [0.4, 0.5) is 4.39 Å². The van der Waals surface area contributed by atoms with Gasteiger partial charge in [0.15, 0.2) is 0 Å². The van der Waals surface area contributed by atoms with Crippen molar-refractivity contribution in [3.63, 3.8) is 0 Å². The first-order valence-corrected chi connectivity index (χ1v) is 16.3. The second kappa shape index (κ2) is 26.7. The van der Waals surface area contributed by atoms with Gasteiger partial charge in [-0.05, 0) is 0 Å². The largest absolute Gasteiger partial charge is 0.378 e. The van der Waals surface area contributed by atoms with Gasteiger partial charge in [0.05, 0.1) is 132 Å². The lowest BCUT2D eigenvalue weighted by atomic mass is 10.1. The molecule has 0 N–H and O–H groups in total. The van der Waals surface area contributed by atoms with Crippen LogP contribution in [-0.4, -0.2) is 168 Å². The Kier molecular flexibility index (Phi) is 22.6. The lowest BCUT2D eigenvalue weighted by Gasteiger charge is -2.25. The molecule has 1 aromatic carbocycles. The molecular formula is C32H55FN2O10. The first kappa shape index (κ1) is 38.1. The third-order valence-corrected chi connectivity index (χ3v) is 7.13. The first-order valence-electron chi connectivity index (χ1n) is 16.3. The van der Waals surface area contributed by atoms with Crippen molar-refractivity contribution >= 4 is 0 Å². The summed E-state index contributed by atoms with van der Waals surface area (Å²) in [5.41, 5.74) is 1.29. The maximum atomic E-state index is 15.9. The molecule has 2 aliphatic heterocycles. The van der Waals surface area contributed by atoms with E-state index in [1.807, 2.05) is 18.2 Å². The van der Waals surface area contributed by atoms with Crippen molar-refractivity contribution in [1.29, 1.82) is 0 Å². The van der Waals surface area contributed by atoms with E-state index in [9.17, 15) is 0 Å². The molecule has 13 heteroatoms. The van der Waals surface area contributed by atoms with Crippen LogP contribution in [-0.2, 0) is 60.5 Å². The summed E-state index contributed by atoms with van der Waals surface area (Å²) in [6.45, 7) is 13.7. The average Bonchev–Trinajstić information content (AvgIpc) is 3.04. The summed E-state index contributed by atoms with van der Waals surface area (Å²) in [5, 5.41) is 0. The lowest BCUT2D eigenvalue weighted by molar-refractivity contribution is -0.0191. The van der Waals surface area contributed by atoms with Crippen molar-refractivity contribution in [3.8, 4) is 0 Å². The van der Waals surface area contributed by atoms with Crippen LogP contribution in [0.1, 0.15) is 11.1 Å². The zero-order chi connectivity index (χ0) is 31.5. The smallest absolute Gasteiger partial charge is 0.132 e. The molecule has 0 saturated carbocycles. The number of hydrogen-bond donors (Lipinski definition) is 0. The number of ether oxygens (including phenoxy) is 10. The molecule has 0 spiro atoms. The van der Waals surface area contributed by atoms with Gasteiger partial charge in [-0.3, -0.25) is 9.80 Å². The predicted octanol–water partition coefficient (Wildman–Crippen LogP) is 1.62. The van der Waals surface area contributed by atoms with Crippen LogP contribution in [0.5, 0.6) is 0 Å². The van der Waals surface area contributed by atoms with Gasteiger partial charge >= 0.3 is 0 Å². The fourth-order valence-corrected chi connectivity index (χ4v) is 4.64. The molecule has 2 aliphatic rings. The maximum Gasteiger partial charge on any atom is 0.132 e. The SMILES string of the molecule is Fc1c(CN2CCOCCOCCOCCOCCOCC2)cccc1CN1CCOCCOCCOCCOCCOCC1. The van der Waals surface area contributed by atoms with Gasteiger partial charge in [0.25, 0.3) is 0 Å². The molecule has 0 radical (unpaired) electrons. The van der Waals surface area contributed by atoms with E-state index in [-0.39, 0.29) is 5.82 Å². The fraction of sp³-hybridized carbons (Fsp3) is 0.812. The number of benzene rings is 1. The van der Waals surface area contributed by atoms with Crippen LogP contribution in [0.15, 0.2) is 18.2 Å². The van der Waals surface area contributed by atoms with E-state index < -0.39 is 0 Å². The van der Waals surface area contributed by atoms with E-state index in [1.54, 1.807) is 0 Å². The second-order valence-corrected chi connectivity index (χ2v) is 10.6. The highest BCUT2D eigenvalue weighted by atomic mass is 19.1. The second-order valence-electron chi connectivity index (χ2n) is 10.6. The fourth-order valence-electron chi connectivity index (χ4n) is 4.64. The number of hydrogen-bond acceptors (Lipinski definition) is 12. The Morgan fingerprint density at radius 3 is 0.844 bits per heavy atom. The van der Waals surface area contributed by atoms with Crippen LogP contribution in [0.25, 0.3) is 0 Å². The van der Waals surface area contributed by atoms with E-state index in [0.717, 1.165) is 0 Å². The summed E-state index contributed by atoms with van der Waals surface area (Å²) in [7, 11) is 0. The van der Waals surface area contributed by atoms with Crippen molar-refractivity contribution in [3.05, 3.63) is 35.1 Å². The minimum Gasteiger partial charge on any atom is -0.378 e. The van der Waals surface area contributed by atoms with Gasteiger partial charge in [-0.1, -0.05) is 18.2 Å². The van der Waals surface area contributed by atoms with E-state index >= 15 is 4.39 Å². The molecule has 2 fully saturated rings. The van der Waals surface area contributed by atoms with Crippen molar-refractivity contribution in [2.75, 3.05) is 158 Å². The van der Waals surface area contributed by atoms with Crippen molar-refractivity contribution < 1.29 is 51.8 Å². The summed E-state index contributed by atoms with van der Waals surface area (Å²) in [6.07, 6.45) is 0. The first-order chi connectivity index (χ1) is 22.3. The summed E-state index contributed by atoms with van der Waals surface area (Å²) in [5.74, 6) is -0.187. The van der Waals surface area contributed by atoms with Gasteiger partial charge in [0.1, 0.15) is 5.82 Å². The van der Waals surface area contributed by atoms with E-state index in [0.29, 0.717) is 183 Å². The number of nitrogens with zero attached hydrogens (tertiary/aromatic N) is 2. The molecule has 0 bridgehead atoms. The Morgan fingerprint density at radius 2 is 0.600 bits per heavy atom. The Morgan fingerprint density at radius 1 is 0.378 bits per heavy atom. The molecule has 260 valence electrons. The standard InChI is InChI=1S/C32H55FN2O10/c33-32-30(28-34-4-8-36-12-16-40-20-24-44-25-21-41-17-13-37-9-5-34)2-1-3-31(32)29-35-6-10-38-14-18-42-22-26-45-27-23-43-19-15-39-11-7-35/h1-3H,4-29H2. The topological polar surface area (TPSA) is 98.8 Å². The van der Waals surface area contributed by atoms with Gasteiger partial charge < -0.3 is 47.4 Å². The predicted molar refractivity (Wildman–Crippen MR) is 165 cm³/mol. The Bertz CT molecular complexity index is 745. The van der Waals surface area contributed by atoms with Crippen molar-refractivity contribution in [2.45, 2.75) is 13.1 Å². The van der Waals surface area contributed by atoms with Crippen LogP contribution in [0.3, 0.4) is 0 Å². The minimum atomic E-state index is -0.187. The van der Waals surface area contributed by atoms with Gasteiger partial charge in [-0.15, -0.1) is 0 Å². The van der Waals surface area contributed by atoms with E-state index in [2.05, 4.69) is 9.80 Å². The molecule has 0 atom stereocenters. The normalized spacial score (nSPS) is 22.9. The van der Waals surface area contributed by atoms with Crippen LogP contribution >= 0.6 is 0 Å². The lowest BCUT2D eigenvalue weighted by Crippen LogP contribution is -2.33. The zero-order valence-corrected chi connectivity index (χ0v) is 27.0. The average molecular weight is 647 g/mol. The van der Waals surface area contributed by atoms with Gasteiger partial charge in [0, 0.05) is 50.4 Å². The Balaban J connectivity index is 1.53. The van der Waals surface area contributed by atoms with Gasteiger partial charge in [-0.25, -0.2) is 4.39 Å². The summed E-state index contributed by atoms with van der Waals surface area (Å²) in [4.78, 5) is 4.32. The highest BCUT2D eigenvalue weighted by Crippen LogP contribution is 2.17. The molecule has 2 heterocycles. The molecule has 0 aliphatic carbocycles. The third-order valence-electron chi connectivity index (χ3n) is 7.13. The quantitative estimate of drug-likeness (QED) is 0.476.